The fraction of sp³-hybridized carbons (Fsp3) is 0. The highest BCUT2D eigenvalue weighted by Gasteiger charge is 2.01. The van der Waals surface area contributed by atoms with Gasteiger partial charge in [0.15, 0.2) is 0 Å². The van der Waals surface area contributed by atoms with E-state index in [4.69, 9.17) is 0 Å². The Morgan fingerprint density at radius 2 is 2.06 bits per heavy atom. The molecule has 0 bridgehead atoms. The van der Waals surface area contributed by atoms with Gasteiger partial charge in [0.1, 0.15) is 0 Å². The van der Waals surface area contributed by atoms with Gasteiger partial charge in [0.25, 0.3) is 5.91 Å². The molecule has 5 heteroatoms. The lowest BCUT2D eigenvalue weighted by Gasteiger charge is -1.98. The summed E-state index contributed by atoms with van der Waals surface area (Å²) in [6.07, 6.45) is 4.69. The van der Waals surface area contributed by atoms with Gasteiger partial charge in [-0.25, -0.2) is 5.43 Å². The van der Waals surface area contributed by atoms with Crippen LogP contribution in [0.2, 0.25) is 0 Å². The third-order valence-corrected chi connectivity index (χ3v) is 2.70. The second-order valence-corrected chi connectivity index (χ2v) is 4.41. The highest BCUT2D eigenvalue weighted by molar-refractivity contribution is 9.10. The van der Waals surface area contributed by atoms with Gasteiger partial charge in [-0.2, -0.15) is 5.10 Å². The first-order valence-electron chi connectivity index (χ1n) is 5.25. The first-order valence-corrected chi connectivity index (χ1v) is 6.04. The predicted octanol–water partition coefficient (Wildman–Crippen LogP) is 2.61. The maximum Gasteiger partial charge on any atom is 0.272 e. The van der Waals surface area contributed by atoms with Crippen LogP contribution in [0.4, 0.5) is 0 Å². The van der Waals surface area contributed by atoms with Crippen LogP contribution in [0.15, 0.2) is 58.4 Å². The second-order valence-electron chi connectivity index (χ2n) is 3.49. The topological polar surface area (TPSA) is 54.4 Å². The monoisotopic (exact) mass is 303 g/mol. The van der Waals surface area contributed by atoms with Gasteiger partial charge in [-0.1, -0.05) is 28.1 Å². The molecule has 0 saturated heterocycles. The number of rotatable bonds is 3. The van der Waals surface area contributed by atoms with E-state index in [0.717, 1.165) is 10.0 Å². The number of carbonyl (C=O) groups excluding carboxylic acids is 1. The van der Waals surface area contributed by atoms with E-state index in [-0.39, 0.29) is 5.91 Å². The lowest BCUT2D eigenvalue weighted by atomic mass is 10.2. The Morgan fingerprint density at radius 3 is 2.72 bits per heavy atom. The lowest BCUT2D eigenvalue weighted by molar-refractivity contribution is 0.0955. The van der Waals surface area contributed by atoms with Gasteiger partial charge < -0.3 is 0 Å². The zero-order valence-corrected chi connectivity index (χ0v) is 11.0. The summed E-state index contributed by atoms with van der Waals surface area (Å²) < 4.78 is 0.999. The molecule has 1 aromatic heterocycles. The molecular formula is C13H10BrN3O. The van der Waals surface area contributed by atoms with Crippen LogP contribution < -0.4 is 5.43 Å². The maximum absolute atomic E-state index is 11.6. The van der Waals surface area contributed by atoms with Crippen molar-refractivity contribution in [2.45, 2.75) is 0 Å². The SMILES string of the molecule is O=C(N/N=C/c1ccc(Br)cc1)c1cccnc1. The number of hydrazone groups is 1. The van der Waals surface area contributed by atoms with Gasteiger partial charge in [-0.15, -0.1) is 0 Å². The van der Waals surface area contributed by atoms with E-state index in [1.807, 2.05) is 24.3 Å². The van der Waals surface area contributed by atoms with Crippen LogP contribution in [-0.4, -0.2) is 17.1 Å². The summed E-state index contributed by atoms with van der Waals surface area (Å²) in [5.74, 6) is -0.281. The highest BCUT2D eigenvalue weighted by Crippen LogP contribution is 2.08. The zero-order chi connectivity index (χ0) is 12.8. The van der Waals surface area contributed by atoms with Gasteiger partial charge in [-0.3, -0.25) is 9.78 Å². The number of amides is 1. The molecule has 0 aliphatic heterocycles. The van der Waals surface area contributed by atoms with E-state index in [1.165, 1.54) is 6.20 Å². The standard InChI is InChI=1S/C13H10BrN3O/c14-12-5-3-10(4-6-12)8-16-17-13(18)11-2-1-7-15-9-11/h1-9H,(H,17,18)/b16-8+. The molecule has 0 saturated carbocycles. The highest BCUT2D eigenvalue weighted by atomic mass is 79.9. The van der Waals surface area contributed by atoms with Crippen LogP contribution in [0.1, 0.15) is 15.9 Å². The molecule has 18 heavy (non-hydrogen) atoms. The molecule has 0 atom stereocenters. The van der Waals surface area contributed by atoms with E-state index in [1.54, 1.807) is 24.5 Å². The second kappa shape index (κ2) is 6.07. The van der Waals surface area contributed by atoms with Gasteiger partial charge in [0.05, 0.1) is 11.8 Å². The fourth-order valence-electron chi connectivity index (χ4n) is 1.28. The molecule has 0 unspecified atom stereocenters. The molecule has 1 N–H and O–H groups in total. The predicted molar refractivity (Wildman–Crippen MR) is 73.4 cm³/mol. The van der Waals surface area contributed by atoms with E-state index in [2.05, 4.69) is 31.4 Å². The van der Waals surface area contributed by atoms with Crippen LogP contribution in [0.5, 0.6) is 0 Å². The molecule has 0 fully saturated rings. The Hall–Kier alpha value is -2.01. The minimum atomic E-state index is -0.281. The molecule has 2 rings (SSSR count). The third-order valence-electron chi connectivity index (χ3n) is 2.17. The summed E-state index contributed by atoms with van der Waals surface area (Å²) >= 11 is 3.35. The summed E-state index contributed by atoms with van der Waals surface area (Å²) in [6.45, 7) is 0. The van der Waals surface area contributed by atoms with Crippen LogP contribution in [-0.2, 0) is 0 Å². The van der Waals surface area contributed by atoms with Crippen LogP contribution in [0.25, 0.3) is 0 Å². The Labute approximate surface area is 113 Å². The van der Waals surface area contributed by atoms with Crippen molar-refractivity contribution in [1.82, 2.24) is 10.4 Å². The Bertz CT molecular complexity index is 552. The quantitative estimate of drug-likeness (QED) is 0.700. The van der Waals surface area contributed by atoms with E-state index in [9.17, 15) is 4.79 Å². The Morgan fingerprint density at radius 1 is 1.28 bits per heavy atom. The first-order chi connectivity index (χ1) is 8.75. The minimum absolute atomic E-state index is 0.281. The number of benzene rings is 1. The Balaban J connectivity index is 1.96. The summed E-state index contributed by atoms with van der Waals surface area (Å²) in [4.78, 5) is 15.5. The number of halogens is 1. The number of pyridine rings is 1. The van der Waals surface area contributed by atoms with Gasteiger partial charge in [0, 0.05) is 16.9 Å². The van der Waals surface area contributed by atoms with E-state index < -0.39 is 0 Å². The molecule has 1 aromatic carbocycles. The first kappa shape index (κ1) is 12.4. The van der Waals surface area contributed by atoms with Gasteiger partial charge in [0.2, 0.25) is 0 Å². The molecule has 0 aliphatic rings. The van der Waals surface area contributed by atoms with Crippen LogP contribution in [0.3, 0.4) is 0 Å². The number of carbonyl (C=O) groups is 1. The van der Waals surface area contributed by atoms with Crippen molar-refractivity contribution in [2.24, 2.45) is 5.10 Å². The molecule has 0 radical (unpaired) electrons. The normalized spacial score (nSPS) is 10.5. The average Bonchev–Trinajstić information content (AvgIpc) is 2.42. The Kier molecular flexibility index (Phi) is 4.20. The van der Waals surface area contributed by atoms with Gasteiger partial charge >= 0.3 is 0 Å². The van der Waals surface area contributed by atoms with Crippen molar-refractivity contribution < 1.29 is 4.79 Å². The summed E-state index contributed by atoms with van der Waals surface area (Å²) in [5, 5.41) is 3.88. The van der Waals surface area contributed by atoms with Crippen LogP contribution >= 0.6 is 15.9 Å². The van der Waals surface area contributed by atoms with E-state index >= 15 is 0 Å². The lowest BCUT2D eigenvalue weighted by Crippen LogP contribution is -2.17. The van der Waals surface area contributed by atoms with Crippen LogP contribution in [0, 0.1) is 0 Å². The maximum atomic E-state index is 11.6. The zero-order valence-electron chi connectivity index (χ0n) is 9.38. The van der Waals surface area contributed by atoms with Crippen molar-refractivity contribution in [1.29, 1.82) is 0 Å². The van der Waals surface area contributed by atoms with Gasteiger partial charge in [-0.05, 0) is 29.8 Å². The third kappa shape index (κ3) is 3.49. The van der Waals surface area contributed by atoms with Crippen molar-refractivity contribution in [3.63, 3.8) is 0 Å². The molecule has 4 nitrogen and oxygen atoms in total. The summed E-state index contributed by atoms with van der Waals surface area (Å²) in [6, 6.07) is 11.0. The van der Waals surface area contributed by atoms with Crippen molar-refractivity contribution in [3.05, 3.63) is 64.4 Å². The van der Waals surface area contributed by atoms with Crippen molar-refractivity contribution >= 4 is 28.1 Å². The number of nitrogens with one attached hydrogen (secondary N) is 1. The largest absolute Gasteiger partial charge is 0.272 e. The summed E-state index contributed by atoms with van der Waals surface area (Å²) in [5.41, 5.74) is 3.83. The van der Waals surface area contributed by atoms with Crippen molar-refractivity contribution in [2.75, 3.05) is 0 Å². The molecule has 1 heterocycles. The number of nitrogens with zero attached hydrogens (tertiary/aromatic N) is 2. The molecular weight excluding hydrogens is 294 g/mol. The number of hydrogen-bond donors (Lipinski definition) is 1. The smallest absolute Gasteiger partial charge is 0.267 e. The molecule has 0 aliphatic carbocycles. The molecule has 1 amide bonds. The number of aromatic nitrogens is 1. The fourth-order valence-corrected chi connectivity index (χ4v) is 1.54. The molecule has 2 aromatic rings. The molecule has 90 valence electrons. The van der Waals surface area contributed by atoms with Crippen molar-refractivity contribution in [3.8, 4) is 0 Å². The minimum Gasteiger partial charge on any atom is -0.267 e. The average molecular weight is 304 g/mol. The summed E-state index contributed by atoms with van der Waals surface area (Å²) in [7, 11) is 0. The number of hydrogen-bond acceptors (Lipinski definition) is 3. The van der Waals surface area contributed by atoms with E-state index in [0.29, 0.717) is 5.56 Å². The molecule has 0 spiro atoms.